The zero-order valence-corrected chi connectivity index (χ0v) is 12.2. The van der Waals surface area contributed by atoms with E-state index in [1.54, 1.807) is 0 Å². The van der Waals surface area contributed by atoms with E-state index in [4.69, 9.17) is 5.26 Å². The zero-order valence-electron chi connectivity index (χ0n) is 12.2. The van der Waals surface area contributed by atoms with Crippen LogP contribution in [0.1, 0.15) is 33.1 Å². The summed E-state index contributed by atoms with van der Waals surface area (Å²) in [6.07, 6.45) is 3.26. The van der Waals surface area contributed by atoms with Gasteiger partial charge in [0, 0.05) is 26.2 Å². The minimum atomic E-state index is -0.346. The number of likely N-dealkylation sites (N-methyl/N-ethyl adjacent to an activating group) is 1. The van der Waals surface area contributed by atoms with Crippen LogP contribution in [-0.4, -0.2) is 61.7 Å². The minimum Gasteiger partial charge on any atom is -0.303 e. The average molecular weight is 252 g/mol. The first-order valence-electron chi connectivity index (χ1n) is 7.18. The van der Waals surface area contributed by atoms with Crippen LogP contribution in [0.2, 0.25) is 0 Å². The number of unbranched alkanes of at least 4 members (excludes halogenated alkanes) is 1. The van der Waals surface area contributed by atoms with E-state index in [2.05, 4.69) is 28.1 Å². The van der Waals surface area contributed by atoms with Crippen LogP contribution in [0.4, 0.5) is 0 Å². The van der Waals surface area contributed by atoms with Crippen molar-refractivity contribution >= 4 is 0 Å². The molecular weight excluding hydrogens is 224 g/mol. The molecular formula is C14H28N4. The molecule has 1 heterocycles. The summed E-state index contributed by atoms with van der Waals surface area (Å²) in [5.74, 6) is 0. The van der Waals surface area contributed by atoms with Gasteiger partial charge in [-0.3, -0.25) is 0 Å². The summed E-state index contributed by atoms with van der Waals surface area (Å²) in [6.45, 7) is 11.4. The van der Waals surface area contributed by atoms with Gasteiger partial charge < -0.3 is 15.1 Å². The molecule has 0 saturated carbocycles. The van der Waals surface area contributed by atoms with Gasteiger partial charge >= 0.3 is 0 Å². The lowest BCUT2D eigenvalue weighted by atomic mass is 9.97. The van der Waals surface area contributed by atoms with E-state index < -0.39 is 0 Å². The lowest BCUT2D eigenvalue weighted by molar-refractivity contribution is 0.135. The molecule has 0 aromatic carbocycles. The molecule has 1 atom stereocenters. The second kappa shape index (κ2) is 7.73. The van der Waals surface area contributed by atoms with Crippen LogP contribution in [0.5, 0.6) is 0 Å². The fraction of sp³-hybridized carbons (Fsp3) is 0.929. The Labute approximate surface area is 112 Å². The van der Waals surface area contributed by atoms with E-state index in [1.165, 1.54) is 45.7 Å². The van der Waals surface area contributed by atoms with Crippen LogP contribution >= 0.6 is 0 Å². The first-order valence-corrected chi connectivity index (χ1v) is 7.18. The minimum absolute atomic E-state index is 0.346. The van der Waals surface area contributed by atoms with E-state index in [9.17, 15) is 0 Å². The number of rotatable bonds is 7. The summed E-state index contributed by atoms with van der Waals surface area (Å²) < 4.78 is 0. The third kappa shape index (κ3) is 4.93. The monoisotopic (exact) mass is 252 g/mol. The molecule has 1 unspecified atom stereocenters. The summed E-state index contributed by atoms with van der Waals surface area (Å²) in [6, 6.07) is 2.35. The standard InChI is InChI=1S/C14H28N4/c1-4-17-9-11-18(12-10-17)8-6-5-7-14(2,13-15)16-3/h16H,4-12H2,1-3H3. The maximum atomic E-state index is 9.06. The third-order valence-electron chi connectivity index (χ3n) is 4.11. The Morgan fingerprint density at radius 3 is 2.28 bits per heavy atom. The predicted molar refractivity (Wildman–Crippen MR) is 75.5 cm³/mol. The summed E-state index contributed by atoms with van der Waals surface area (Å²) in [5.41, 5.74) is -0.346. The molecule has 0 aromatic rings. The Balaban J connectivity index is 2.11. The molecule has 1 rings (SSSR count). The quantitative estimate of drug-likeness (QED) is 0.694. The summed E-state index contributed by atoms with van der Waals surface area (Å²) in [7, 11) is 1.87. The number of hydrogen-bond acceptors (Lipinski definition) is 4. The largest absolute Gasteiger partial charge is 0.303 e. The Hall–Kier alpha value is -0.630. The third-order valence-corrected chi connectivity index (χ3v) is 4.11. The molecule has 1 saturated heterocycles. The molecule has 4 nitrogen and oxygen atoms in total. The molecule has 0 amide bonds. The normalized spacial score (nSPS) is 21.4. The first kappa shape index (κ1) is 15.4. The van der Waals surface area contributed by atoms with Gasteiger partial charge in [0.15, 0.2) is 0 Å². The number of nitrogens with zero attached hydrogens (tertiary/aromatic N) is 3. The van der Waals surface area contributed by atoms with Crippen molar-refractivity contribution in [1.29, 1.82) is 5.26 Å². The maximum absolute atomic E-state index is 9.06. The molecule has 0 aromatic heterocycles. The van der Waals surface area contributed by atoms with Gasteiger partial charge in [-0.25, -0.2) is 0 Å². The summed E-state index contributed by atoms with van der Waals surface area (Å²) >= 11 is 0. The smallest absolute Gasteiger partial charge is 0.103 e. The molecule has 104 valence electrons. The van der Waals surface area contributed by atoms with Crippen molar-refractivity contribution in [2.45, 2.75) is 38.6 Å². The molecule has 1 aliphatic rings. The van der Waals surface area contributed by atoms with E-state index >= 15 is 0 Å². The molecule has 0 radical (unpaired) electrons. The molecule has 4 heteroatoms. The van der Waals surface area contributed by atoms with Crippen molar-refractivity contribution in [2.24, 2.45) is 0 Å². The highest BCUT2D eigenvalue weighted by Gasteiger charge is 2.20. The molecule has 1 fully saturated rings. The van der Waals surface area contributed by atoms with Crippen molar-refractivity contribution in [3.05, 3.63) is 0 Å². The highest BCUT2D eigenvalue weighted by Crippen LogP contribution is 2.13. The zero-order chi connectivity index (χ0) is 13.4. The van der Waals surface area contributed by atoms with Crippen LogP contribution in [0.3, 0.4) is 0 Å². The fourth-order valence-electron chi connectivity index (χ4n) is 2.38. The van der Waals surface area contributed by atoms with Gasteiger partial charge in [0.2, 0.25) is 0 Å². The van der Waals surface area contributed by atoms with Crippen molar-refractivity contribution in [3.8, 4) is 6.07 Å². The number of hydrogen-bond donors (Lipinski definition) is 1. The second-order valence-electron chi connectivity index (χ2n) is 5.43. The SMILES string of the molecule is CCN1CCN(CCCCC(C)(C#N)NC)CC1. The topological polar surface area (TPSA) is 42.3 Å². The van der Waals surface area contributed by atoms with Crippen molar-refractivity contribution in [2.75, 3.05) is 46.3 Å². The van der Waals surface area contributed by atoms with Crippen molar-refractivity contribution < 1.29 is 0 Å². The van der Waals surface area contributed by atoms with Crippen LogP contribution in [0, 0.1) is 11.3 Å². The lowest BCUT2D eigenvalue weighted by Gasteiger charge is -2.34. The summed E-state index contributed by atoms with van der Waals surface area (Å²) in [4.78, 5) is 5.06. The van der Waals surface area contributed by atoms with E-state index in [-0.39, 0.29) is 5.54 Å². The van der Waals surface area contributed by atoms with Crippen molar-refractivity contribution in [3.63, 3.8) is 0 Å². The highest BCUT2D eigenvalue weighted by molar-refractivity contribution is 5.02. The van der Waals surface area contributed by atoms with Gasteiger partial charge in [-0.2, -0.15) is 5.26 Å². The fourth-order valence-corrected chi connectivity index (χ4v) is 2.38. The lowest BCUT2D eigenvalue weighted by Crippen LogP contribution is -2.46. The molecule has 1 N–H and O–H groups in total. The van der Waals surface area contributed by atoms with Crippen LogP contribution in [0.25, 0.3) is 0 Å². The number of piperazine rings is 1. The Bertz CT molecular complexity index is 265. The Morgan fingerprint density at radius 1 is 1.17 bits per heavy atom. The molecule has 18 heavy (non-hydrogen) atoms. The summed E-state index contributed by atoms with van der Waals surface area (Å²) in [5, 5.41) is 12.2. The maximum Gasteiger partial charge on any atom is 0.103 e. The number of nitrogens with one attached hydrogen (secondary N) is 1. The molecule has 1 aliphatic heterocycles. The van der Waals surface area contributed by atoms with Gasteiger partial charge in [0.25, 0.3) is 0 Å². The highest BCUT2D eigenvalue weighted by atomic mass is 15.3. The molecule has 0 aliphatic carbocycles. The second-order valence-corrected chi connectivity index (χ2v) is 5.43. The van der Waals surface area contributed by atoms with Crippen molar-refractivity contribution in [1.82, 2.24) is 15.1 Å². The van der Waals surface area contributed by atoms with Crippen LogP contribution in [0.15, 0.2) is 0 Å². The Kier molecular flexibility index (Phi) is 6.62. The van der Waals surface area contributed by atoms with Gasteiger partial charge in [0.1, 0.15) is 5.54 Å². The van der Waals surface area contributed by atoms with Gasteiger partial charge in [0.05, 0.1) is 6.07 Å². The number of nitriles is 1. The van der Waals surface area contributed by atoms with Gasteiger partial charge in [-0.1, -0.05) is 6.92 Å². The van der Waals surface area contributed by atoms with E-state index in [0.29, 0.717) is 0 Å². The van der Waals surface area contributed by atoms with Crippen LogP contribution < -0.4 is 5.32 Å². The Morgan fingerprint density at radius 2 is 1.78 bits per heavy atom. The average Bonchev–Trinajstić information content (AvgIpc) is 2.44. The first-order chi connectivity index (χ1) is 8.63. The van der Waals surface area contributed by atoms with Gasteiger partial charge in [-0.15, -0.1) is 0 Å². The van der Waals surface area contributed by atoms with Gasteiger partial charge in [-0.05, 0) is 46.3 Å². The predicted octanol–water partition coefficient (Wildman–Crippen LogP) is 1.30. The van der Waals surface area contributed by atoms with E-state index in [0.717, 1.165) is 12.8 Å². The van der Waals surface area contributed by atoms with E-state index in [1.807, 2.05) is 14.0 Å². The molecule has 0 spiro atoms. The van der Waals surface area contributed by atoms with Crippen LogP contribution in [-0.2, 0) is 0 Å². The molecule has 0 bridgehead atoms.